The van der Waals surface area contributed by atoms with Crippen LogP contribution in [0, 0.1) is 5.82 Å². The first kappa shape index (κ1) is 14.9. The zero-order chi connectivity index (χ0) is 14.9. The predicted molar refractivity (Wildman–Crippen MR) is 77.9 cm³/mol. The predicted octanol–water partition coefficient (Wildman–Crippen LogP) is 2.05. The van der Waals surface area contributed by atoms with Gasteiger partial charge >= 0.3 is 0 Å². The Morgan fingerprint density at radius 2 is 2.10 bits per heavy atom. The van der Waals surface area contributed by atoms with Gasteiger partial charge in [0.1, 0.15) is 10.3 Å². The first-order chi connectivity index (χ1) is 9.40. The Labute approximate surface area is 129 Å². The number of nitrogens with two attached hydrogens (primary N) is 1. The summed E-state index contributed by atoms with van der Waals surface area (Å²) >= 11 is 6.26. The highest BCUT2D eigenvalue weighted by Gasteiger charge is 2.11. The molecular formula is C12H8Br2FN3O2. The van der Waals surface area contributed by atoms with E-state index in [1.807, 2.05) is 0 Å². The van der Waals surface area contributed by atoms with Gasteiger partial charge in [-0.25, -0.2) is 9.07 Å². The Morgan fingerprint density at radius 3 is 2.75 bits per heavy atom. The fraction of sp³-hybridized carbons (Fsp3) is 0.0833. The number of rotatable bonds is 3. The van der Waals surface area contributed by atoms with Crippen LogP contribution in [0.5, 0.6) is 0 Å². The molecule has 0 atom stereocenters. The largest absolute Gasteiger partial charge is 0.366 e. The monoisotopic (exact) mass is 403 g/mol. The lowest BCUT2D eigenvalue weighted by Gasteiger charge is -2.08. The molecule has 2 N–H and O–H groups in total. The van der Waals surface area contributed by atoms with Crippen LogP contribution in [0.25, 0.3) is 0 Å². The van der Waals surface area contributed by atoms with Crippen LogP contribution in [0.4, 0.5) is 4.39 Å². The van der Waals surface area contributed by atoms with Crippen molar-refractivity contribution in [1.29, 1.82) is 0 Å². The molecule has 0 bridgehead atoms. The molecule has 0 aliphatic heterocycles. The van der Waals surface area contributed by atoms with E-state index in [0.29, 0.717) is 8.95 Å². The number of primary amides is 1. The smallest absolute Gasteiger partial charge is 0.282 e. The maximum Gasteiger partial charge on any atom is 0.282 e. The Bertz CT molecular complexity index is 746. The highest BCUT2D eigenvalue weighted by molar-refractivity contribution is 9.13. The number of hydrogen-bond acceptors (Lipinski definition) is 3. The van der Waals surface area contributed by atoms with Crippen LogP contribution in [-0.4, -0.2) is 15.7 Å². The Morgan fingerprint density at radius 1 is 1.40 bits per heavy atom. The number of benzene rings is 1. The van der Waals surface area contributed by atoms with Crippen molar-refractivity contribution < 1.29 is 9.18 Å². The minimum atomic E-state index is -0.663. The van der Waals surface area contributed by atoms with E-state index in [2.05, 4.69) is 37.0 Å². The van der Waals surface area contributed by atoms with Gasteiger partial charge in [-0.2, -0.15) is 5.10 Å². The van der Waals surface area contributed by atoms with E-state index in [9.17, 15) is 14.0 Å². The quantitative estimate of drug-likeness (QED) is 0.850. The summed E-state index contributed by atoms with van der Waals surface area (Å²) in [6.07, 6.45) is 1.42. The van der Waals surface area contributed by atoms with E-state index in [1.165, 1.54) is 18.3 Å². The molecule has 0 aliphatic rings. The lowest BCUT2D eigenvalue weighted by molar-refractivity contribution is 0.1000. The lowest BCUT2D eigenvalue weighted by Crippen LogP contribution is -2.24. The molecule has 0 saturated heterocycles. The number of halogens is 3. The summed E-state index contributed by atoms with van der Waals surface area (Å²) in [6, 6.07) is 3.73. The molecule has 20 heavy (non-hydrogen) atoms. The molecule has 2 rings (SSSR count). The third kappa shape index (κ3) is 2.96. The number of carbonyl (C=O) groups is 1. The molecule has 1 heterocycles. The van der Waals surface area contributed by atoms with Crippen molar-refractivity contribution >= 4 is 37.8 Å². The van der Waals surface area contributed by atoms with E-state index in [1.54, 1.807) is 0 Å². The van der Waals surface area contributed by atoms with Gasteiger partial charge in [-0.1, -0.05) is 0 Å². The number of nitrogens with zero attached hydrogens (tertiary/aromatic N) is 2. The van der Waals surface area contributed by atoms with E-state index >= 15 is 0 Å². The van der Waals surface area contributed by atoms with Crippen molar-refractivity contribution in [3.63, 3.8) is 0 Å². The van der Waals surface area contributed by atoms with Crippen LogP contribution in [0.3, 0.4) is 0 Å². The Balaban J connectivity index is 2.45. The number of aromatic nitrogens is 2. The van der Waals surface area contributed by atoms with Crippen molar-refractivity contribution in [3.8, 4) is 0 Å². The van der Waals surface area contributed by atoms with Crippen molar-refractivity contribution in [1.82, 2.24) is 9.78 Å². The molecule has 5 nitrogen and oxygen atoms in total. The number of carbonyl (C=O) groups excluding carboxylic acids is 1. The molecule has 0 fully saturated rings. The minimum absolute atomic E-state index is 0.0995. The second kappa shape index (κ2) is 5.84. The summed E-state index contributed by atoms with van der Waals surface area (Å²) in [4.78, 5) is 23.0. The van der Waals surface area contributed by atoms with Crippen LogP contribution in [0.1, 0.15) is 15.9 Å². The number of amides is 1. The molecule has 0 unspecified atom stereocenters. The minimum Gasteiger partial charge on any atom is -0.366 e. The van der Waals surface area contributed by atoms with Crippen molar-refractivity contribution in [2.45, 2.75) is 6.54 Å². The second-order valence-electron chi connectivity index (χ2n) is 3.94. The maximum absolute atomic E-state index is 13.7. The SMILES string of the molecule is NC(=O)c1ccc(F)c(Cn2ncc(Br)c(Br)c2=O)c1. The zero-order valence-electron chi connectivity index (χ0n) is 9.94. The third-order valence-electron chi connectivity index (χ3n) is 2.59. The average Bonchev–Trinajstić information content (AvgIpc) is 2.41. The molecule has 0 aliphatic carbocycles. The van der Waals surface area contributed by atoms with E-state index in [0.717, 1.165) is 10.7 Å². The summed E-state index contributed by atoms with van der Waals surface area (Å²) in [6.45, 7) is -0.0995. The van der Waals surface area contributed by atoms with Gasteiger partial charge in [0.2, 0.25) is 5.91 Å². The summed E-state index contributed by atoms with van der Waals surface area (Å²) in [5.74, 6) is -1.20. The standard InChI is InChI=1S/C12H8Br2FN3O2/c13-8-4-17-18(12(20)10(8)14)5-7-3-6(11(16)19)1-2-9(7)15/h1-4H,5H2,(H2,16,19). The molecule has 1 amide bonds. The van der Waals surface area contributed by atoms with Gasteiger partial charge in [0, 0.05) is 11.1 Å². The molecule has 0 saturated carbocycles. The van der Waals surface area contributed by atoms with E-state index in [4.69, 9.17) is 5.73 Å². The van der Waals surface area contributed by atoms with Gasteiger partial charge in [-0.05, 0) is 50.1 Å². The molecule has 1 aromatic carbocycles. The Kier molecular flexibility index (Phi) is 4.34. The van der Waals surface area contributed by atoms with E-state index < -0.39 is 17.3 Å². The first-order valence-corrected chi connectivity index (χ1v) is 6.98. The van der Waals surface area contributed by atoms with Gasteiger partial charge < -0.3 is 5.73 Å². The van der Waals surface area contributed by atoms with Gasteiger partial charge in [0.05, 0.1) is 17.2 Å². The van der Waals surface area contributed by atoms with Gasteiger partial charge in [0.25, 0.3) is 5.56 Å². The summed E-state index contributed by atoms with van der Waals surface area (Å²) < 4.78 is 15.6. The highest BCUT2D eigenvalue weighted by Crippen LogP contribution is 2.17. The normalized spacial score (nSPS) is 10.6. The highest BCUT2D eigenvalue weighted by atomic mass is 79.9. The summed E-state index contributed by atoms with van der Waals surface area (Å²) in [5, 5.41) is 3.89. The fourth-order valence-corrected chi connectivity index (χ4v) is 2.14. The average molecular weight is 405 g/mol. The van der Waals surface area contributed by atoms with Crippen molar-refractivity contribution in [2.75, 3.05) is 0 Å². The van der Waals surface area contributed by atoms with Crippen LogP contribution in [0.15, 0.2) is 38.1 Å². The number of hydrogen-bond donors (Lipinski definition) is 1. The zero-order valence-corrected chi connectivity index (χ0v) is 13.1. The van der Waals surface area contributed by atoms with E-state index in [-0.39, 0.29) is 17.7 Å². The van der Waals surface area contributed by atoms with Crippen LogP contribution in [-0.2, 0) is 6.54 Å². The lowest BCUT2D eigenvalue weighted by atomic mass is 10.1. The van der Waals surface area contributed by atoms with Crippen molar-refractivity contribution in [2.24, 2.45) is 5.73 Å². The molecule has 8 heteroatoms. The fourth-order valence-electron chi connectivity index (χ4n) is 1.57. The molecule has 104 valence electrons. The molecule has 2 aromatic rings. The molecule has 0 radical (unpaired) electrons. The van der Waals surface area contributed by atoms with Crippen molar-refractivity contribution in [3.05, 3.63) is 60.6 Å². The third-order valence-corrected chi connectivity index (χ3v) is 4.49. The Hall–Kier alpha value is -1.54. The molecule has 0 spiro atoms. The first-order valence-electron chi connectivity index (χ1n) is 5.39. The van der Waals surface area contributed by atoms with Gasteiger partial charge in [-0.3, -0.25) is 9.59 Å². The summed E-state index contributed by atoms with van der Waals surface area (Å²) in [5.41, 5.74) is 5.06. The second-order valence-corrected chi connectivity index (χ2v) is 5.59. The topological polar surface area (TPSA) is 78.0 Å². The molecular weight excluding hydrogens is 397 g/mol. The van der Waals surface area contributed by atoms with Gasteiger partial charge in [-0.15, -0.1) is 0 Å². The summed E-state index contributed by atoms with van der Waals surface area (Å²) in [7, 11) is 0. The van der Waals surface area contributed by atoms with Crippen LogP contribution >= 0.6 is 31.9 Å². The van der Waals surface area contributed by atoms with Gasteiger partial charge in [0.15, 0.2) is 0 Å². The van der Waals surface area contributed by atoms with Crippen LogP contribution < -0.4 is 11.3 Å². The molecule has 1 aromatic heterocycles. The maximum atomic E-state index is 13.7. The van der Waals surface area contributed by atoms with Crippen LogP contribution in [0.2, 0.25) is 0 Å².